The maximum Gasteiger partial charge on any atom is 0.250 e. The summed E-state index contributed by atoms with van der Waals surface area (Å²) in [6.45, 7) is 0.869. The van der Waals surface area contributed by atoms with Gasteiger partial charge in [0.05, 0.1) is 32.1 Å². The van der Waals surface area contributed by atoms with E-state index in [1.165, 1.54) is 9.80 Å². The Balaban J connectivity index is 2.17. The van der Waals surface area contributed by atoms with Gasteiger partial charge in [-0.25, -0.2) is 9.80 Å². The number of alkyl halides is 6. The monoisotopic (exact) mass is 485 g/mol. The standard InChI is InChI=1S/C14H14Cl7N3O/c1-25-12-3-2-10(6-11(12)15)4-5-22-7-23(13(16,17)18)9-24(8-22)14(19,20)21/h2-6H,7-9H2,1H3/b5-4+. The Bertz CT molecular complexity index is 608. The molecule has 0 unspecified atom stereocenters. The number of methoxy groups -OCH3 is 1. The van der Waals surface area contributed by atoms with Crippen LogP contribution in [0.15, 0.2) is 24.4 Å². The molecule has 0 aromatic heterocycles. The van der Waals surface area contributed by atoms with E-state index in [4.69, 9.17) is 85.9 Å². The molecule has 4 nitrogen and oxygen atoms in total. The first-order valence-corrected chi connectivity index (χ1v) is 9.54. The van der Waals surface area contributed by atoms with Gasteiger partial charge >= 0.3 is 0 Å². The molecule has 11 heteroatoms. The van der Waals surface area contributed by atoms with E-state index in [2.05, 4.69) is 0 Å². The summed E-state index contributed by atoms with van der Waals surface area (Å²) in [6, 6.07) is 5.42. The van der Waals surface area contributed by atoms with Crippen LogP contribution in [-0.2, 0) is 0 Å². The highest BCUT2D eigenvalue weighted by molar-refractivity contribution is 6.67. The first-order valence-electron chi connectivity index (χ1n) is 6.90. The third-order valence-electron chi connectivity index (χ3n) is 3.42. The Kier molecular flexibility index (Phi) is 7.57. The van der Waals surface area contributed by atoms with E-state index in [1.54, 1.807) is 19.2 Å². The van der Waals surface area contributed by atoms with Gasteiger partial charge in [0.25, 0.3) is 0 Å². The lowest BCUT2D eigenvalue weighted by molar-refractivity contribution is -0.00902. The zero-order valence-electron chi connectivity index (χ0n) is 12.9. The molecule has 1 saturated heterocycles. The van der Waals surface area contributed by atoms with Crippen molar-refractivity contribution in [3.63, 3.8) is 0 Å². The Morgan fingerprint density at radius 3 is 1.96 bits per heavy atom. The van der Waals surface area contributed by atoms with Crippen molar-refractivity contribution in [2.75, 3.05) is 27.1 Å². The molecule has 140 valence electrons. The molecule has 1 aromatic rings. The summed E-state index contributed by atoms with van der Waals surface area (Å²) in [5, 5.41) is 0.508. The number of rotatable bonds is 3. The molecule has 0 amide bonds. The van der Waals surface area contributed by atoms with Gasteiger partial charge in [-0.05, 0) is 23.8 Å². The van der Waals surface area contributed by atoms with Crippen LogP contribution in [0.25, 0.3) is 6.08 Å². The third-order valence-corrected chi connectivity index (χ3v) is 5.15. The van der Waals surface area contributed by atoms with Crippen LogP contribution in [0.4, 0.5) is 0 Å². The Morgan fingerprint density at radius 1 is 0.960 bits per heavy atom. The molecule has 25 heavy (non-hydrogen) atoms. The van der Waals surface area contributed by atoms with Crippen molar-refractivity contribution in [3.8, 4) is 5.75 Å². The molecule has 2 rings (SSSR count). The van der Waals surface area contributed by atoms with Gasteiger partial charge in [-0.3, -0.25) is 0 Å². The zero-order valence-corrected chi connectivity index (χ0v) is 18.2. The first-order chi connectivity index (χ1) is 11.5. The fourth-order valence-corrected chi connectivity index (χ4v) is 3.08. The molecule has 0 atom stereocenters. The van der Waals surface area contributed by atoms with Crippen LogP contribution >= 0.6 is 81.2 Å². The molecule has 0 aliphatic carbocycles. The molecule has 0 radical (unpaired) electrons. The Morgan fingerprint density at radius 2 is 1.52 bits per heavy atom. The summed E-state index contributed by atoms with van der Waals surface area (Å²) < 4.78 is 1.86. The van der Waals surface area contributed by atoms with E-state index in [-0.39, 0.29) is 6.67 Å². The van der Waals surface area contributed by atoms with Gasteiger partial charge in [-0.2, -0.15) is 0 Å². The molecular weight excluding hydrogens is 474 g/mol. The smallest absolute Gasteiger partial charge is 0.250 e. The van der Waals surface area contributed by atoms with Gasteiger partial charge in [-0.1, -0.05) is 87.3 Å². The van der Waals surface area contributed by atoms with Crippen molar-refractivity contribution >= 4 is 87.3 Å². The van der Waals surface area contributed by atoms with Gasteiger partial charge in [-0.15, -0.1) is 0 Å². The molecule has 1 heterocycles. The SMILES string of the molecule is COc1ccc(/C=C/N2CN(C(Cl)(Cl)Cl)CN(C(Cl)(Cl)Cl)C2)cc1Cl. The number of hydrogen-bond donors (Lipinski definition) is 0. The molecular formula is C14H14Cl7N3O. The van der Waals surface area contributed by atoms with Crippen molar-refractivity contribution in [1.82, 2.24) is 14.7 Å². The number of benzene rings is 1. The van der Waals surface area contributed by atoms with Crippen LogP contribution in [0.1, 0.15) is 5.56 Å². The number of ether oxygens (including phenoxy) is 1. The predicted octanol–water partition coefficient (Wildman–Crippen LogP) is 5.77. The quantitative estimate of drug-likeness (QED) is 0.398. The highest BCUT2D eigenvalue weighted by Gasteiger charge is 2.41. The summed E-state index contributed by atoms with van der Waals surface area (Å²) in [5.41, 5.74) is 0.872. The molecule has 1 aliphatic rings. The van der Waals surface area contributed by atoms with Crippen LogP contribution in [0.2, 0.25) is 5.02 Å². The normalized spacial score (nSPS) is 18.2. The lowest BCUT2D eigenvalue weighted by Gasteiger charge is -2.46. The van der Waals surface area contributed by atoms with E-state index >= 15 is 0 Å². The van der Waals surface area contributed by atoms with Crippen molar-refractivity contribution in [2.24, 2.45) is 0 Å². The second-order valence-corrected chi connectivity index (χ2v) is 10.1. The molecule has 0 spiro atoms. The minimum Gasteiger partial charge on any atom is -0.495 e. The van der Waals surface area contributed by atoms with Crippen LogP contribution in [-0.4, -0.2) is 49.6 Å². The Labute approximate surface area is 181 Å². The minimum atomic E-state index is -1.63. The number of hydrogen-bond acceptors (Lipinski definition) is 4. The van der Waals surface area contributed by atoms with Gasteiger partial charge in [0.15, 0.2) is 0 Å². The van der Waals surface area contributed by atoms with Gasteiger partial charge in [0.2, 0.25) is 7.83 Å². The number of nitrogens with zero attached hydrogens (tertiary/aromatic N) is 3. The van der Waals surface area contributed by atoms with Crippen LogP contribution in [0.5, 0.6) is 5.75 Å². The summed E-state index contributed by atoms with van der Waals surface area (Å²) in [4.78, 5) is 4.91. The van der Waals surface area contributed by atoms with Crippen LogP contribution in [0.3, 0.4) is 0 Å². The highest BCUT2D eigenvalue weighted by atomic mass is 35.6. The van der Waals surface area contributed by atoms with Crippen molar-refractivity contribution < 1.29 is 4.74 Å². The average Bonchev–Trinajstić information content (AvgIpc) is 2.51. The fraction of sp³-hybridized carbons (Fsp3) is 0.429. The second-order valence-electron chi connectivity index (χ2n) is 5.24. The third kappa shape index (κ3) is 6.27. The average molecular weight is 488 g/mol. The summed E-state index contributed by atoms with van der Waals surface area (Å²) in [5.74, 6) is 0.599. The molecule has 1 aromatic carbocycles. The van der Waals surface area contributed by atoms with E-state index in [1.807, 2.05) is 23.2 Å². The summed E-state index contributed by atoms with van der Waals surface area (Å²) in [6.07, 6.45) is 3.66. The lowest BCUT2D eigenvalue weighted by Crippen LogP contribution is -2.59. The topological polar surface area (TPSA) is 19.0 Å². The van der Waals surface area contributed by atoms with E-state index in [0.29, 0.717) is 24.1 Å². The fourth-order valence-electron chi connectivity index (χ4n) is 2.17. The van der Waals surface area contributed by atoms with Crippen LogP contribution in [0, 0.1) is 0 Å². The number of halogens is 7. The summed E-state index contributed by atoms with van der Waals surface area (Å²) >= 11 is 42.0. The van der Waals surface area contributed by atoms with E-state index < -0.39 is 7.83 Å². The highest BCUT2D eigenvalue weighted by Crippen LogP contribution is 2.38. The predicted molar refractivity (Wildman–Crippen MR) is 108 cm³/mol. The largest absolute Gasteiger partial charge is 0.495 e. The molecule has 0 N–H and O–H groups in total. The van der Waals surface area contributed by atoms with Crippen LogP contribution < -0.4 is 4.74 Å². The maximum absolute atomic E-state index is 6.12. The molecule has 1 fully saturated rings. The molecule has 1 aliphatic heterocycles. The molecule has 0 bridgehead atoms. The van der Waals surface area contributed by atoms with Crippen molar-refractivity contribution in [1.29, 1.82) is 0 Å². The first kappa shape index (κ1) is 21.8. The molecule has 0 saturated carbocycles. The van der Waals surface area contributed by atoms with Gasteiger partial charge in [0.1, 0.15) is 5.75 Å². The minimum absolute atomic E-state index is 0.186. The zero-order chi connectivity index (χ0) is 18.8. The van der Waals surface area contributed by atoms with Gasteiger partial charge < -0.3 is 9.64 Å². The maximum atomic E-state index is 6.12. The van der Waals surface area contributed by atoms with Crippen molar-refractivity contribution in [2.45, 2.75) is 7.83 Å². The van der Waals surface area contributed by atoms with E-state index in [0.717, 1.165) is 5.56 Å². The lowest BCUT2D eigenvalue weighted by atomic mass is 10.2. The van der Waals surface area contributed by atoms with Gasteiger partial charge in [0, 0.05) is 6.20 Å². The van der Waals surface area contributed by atoms with Crippen molar-refractivity contribution in [3.05, 3.63) is 35.0 Å². The Hall–Kier alpha value is 0.510. The van der Waals surface area contributed by atoms with E-state index in [9.17, 15) is 0 Å². The summed E-state index contributed by atoms with van der Waals surface area (Å²) in [7, 11) is 1.56. The second kappa shape index (κ2) is 8.68.